The summed E-state index contributed by atoms with van der Waals surface area (Å²) in [6.45, 7) is 6.90. The van der Waals surface area contributed by atoms with Crippen LogP contribution in [-0.4, -0.2) is 49.7 Å². The largest absolute Gasteiger partial charge is 0.466 e. The summed E-state index contributed by atoms with van der Waals surface area (Å²) in [5.41, 5.74) is 2.22. The minimum absolute atomic E-state index is 0.0130. The minimum Gasteiger partial charge on any atom is -0.466 e. The first-order valence-electron chi connectivity index (χ1n) is 8.67. The molecular weight excluding hydrogens is 352 g/mol. The maximum absolute atomic E-state index is 12.8. The second kappa shape index (κ2) is 7.25. The average Bonchev–Trinajstić information content (AvgIpc) is 2.87. The van der Waals surface area contributed by atoms with Crippen molar-refractivity contribution in [2.45, 2.75) is 26.5 Å². The Kier molecular flexibility index (Phi) is 5.20. The van der Waals surface area contributed by atoms with E-state index in [0.29, 0.717) is 37.5 Å². The van der Waals surface area contributed by atoms with Crippen molar-refractivity contribution in [2.24, 2.45) is 0 Å². The van der Waals surface area contributed by atoms with Crippen LogP contribution in [-0.2, 0) is 15.8 Å². The lowest BCUT2D eigenvalue weighted by Gasteiger charge is -2.34. The van der Waals surface area contributed by atoms with Gasteiger partial charge < -0.3 is 9.32 Å². The van der Waals surface area contributed by atoms with Crippen molar-refractivity contribution in [2.75, 3.05) is 26.2 Å². The Hall–Kier alpha value is -2.12. The molecule has 7 heteroatoms. The minimum atomic E-state index is -3.39. The number of amides is 1. The highest BCUT2D eigenvalue weighted by Gasteiger charge is 2.31. The van der Waals surface area contributed by atoms with Crippen molar-refractivity contribution < 1.29 is 17.6 Å². The summed E-state index contributed by atoms with van der Waals surface area (Å²) in [6.07, 6.45) is 0. The van der Waals surface area contributed by atoms with E-state index in [9.17, 15) is 13.2 Å². The van der Waals surface area contributed by atoms with Gasteiger partial charge in [-0.3, -0.25) is 4.79 Å². The molecule has 140 valence electrons. The van der Waals surface area contributed by atoms with Crippen LogP contribution in [0.15, 0.2) is 34.7 Å². The quantitative estimate of drug-likeness (QED) is 0.822. The highest BCUT2D eigenvalue weighted by Crippen LogP contribution is 2.23. The molecule has 0 saturated carbocycles. The third kappa shape index (κ3) is 3.68. The lowest BCUT2D eigenvalue weighted by Crippen LogP contribution is -2.50. The van der Waals surface area contributed by atoms with Gasteiger partial charge in [0.2, 0.25) is 10.0 Å². The number of furan rings is 1. The number of carbonyl (C=O) groups is 1. The lowest BCUT2D eigenvalue weighted by atomic mass is 10.1. The number of aryl methyl sites for hydroxylation is 2. The van der Waals surface area contributed by atoms with Gasteiger partial charge in [0.1, 0.15) is 11.5 Å². The Labute approximate surface area is 154 Å². The molecule has 0 atom stereocenters. The number of benzene rings is 1. The highest BCUT2D eigenvalue weighted by atomic mass is 32.2. The van der Waals surface area contributed by atoms with E-state index in [-0.39, 0.29) is 11.7 Å². The van der Waals surface area contributed by atoms with Crippen LogP contribution >= 0.6 is 0 Å². The molecule has 1 aromatic heterocycles. The number of piperazine rings is 1. The number of hydrogen-bond acceptors (Lipinski definition) is 4. The maximum atomic E-state index is 12.8. The first kappa shape index (κ1) is 18.7. The molecule has 1 aliphatic heterocycles. The summed E-state index contributed by atoms with van der Waals surface area (Å²) < 4.78 is 32.3. The zero-order chi connectivity index (χ0) is 18.9. The van der Waals surface area contributed by atoms with Crippen LogP contribution in [0.2, 0.25) is 0 Å². The second-order valence-electron chi connectivity index (χ2n) is 6.65. The van der Waals surface area contributed by atoms with Gasteiger partial charge in [0.15, 0.2) is 0 Å². The summed E-state index contributed by atoms with van der Waals surface area (Å²) in [5.74, 6) is 1.26. The SMILES string of the molecule is Cc1oc(C)c(C(=O)N2CCN(S(=O)(=O)Cc3ccccc3)CC2)c1C. The van der Waals surface area contributed by atoms with Crippen molar-refractivity contribution in [3.05, 3.63) is 58.5 Å². The Morgan fingerprint density at radius 3 is 2.15 bits per heavy atom. The van der Waals surface area contributed by atoms with Crippen LogP contribution in [0.5, 0.6) is 0 Å². The van der Waals surface area contributed by atoms with E-state index in [1.165, 1.54) is 4.31 Å². The Bertz CT molecular complexity index is 895. The van der Waals surface area contributed by atoms with Crippen LogP contribution in [0.3, 0.4) is 0 Å². The van der Waals surface area contributed by atoms with Crippen LogP contribution in [0.1, 0.15) is 33.0 Å². The third-order valence-electron chi connectivity index (χ3n) is 4.89. The predicted molar refractivity (Wildman–Crippen MR) is 99.5 cm³/mol. The van der Waals surface area contributed by atoms with Crippen LogP contribution in [0.25, 0.3) is 0 Å². The molecule has 2 heterocycles. The van der Waals surface area contributed by atoms with Crippen molar-refractivity contribution in [1.29, 1.82) is 0 Å². The molecular formula is C19H24N2O4S. The zero-order valence-corrected chi connectivity index (χ0v) is 16.2. The average molecular weight is 376 g/mol. The van der Waals surface area contributed by atoms with Crippen molar-refractivity contribution in [1.82, 2.24) is 9.21 Å². The van der Waals surface area contributed by atoms with E-state index < -0.39 is 10.0 Å². The van der Waals surface area contributed by atoms with Crippen LogP contribution in [0.4, 0.5) is 0 Å². The van der Waals surface area contributed by atoms with Crippen molar-refractivity contribution in [3.63, 3.8) is 0 Å². The summed E-state index contributed by atoms with van der Waals surface area (Å²) in [7, 11) is -3.39. The van der Waals surface area contributed by atoms with Crippen molar-refractivity contribution >= 4 is 15.9 Å². The van der Waals surface area contributed by atoms with Crippen LogP contribution < -0.4 is 0 Å². The number of carbonyl (C=O) groups excluding carboxylic acids is 1. The molecule has 0 bridgehead atoms. The third-order valence-corrected chi connectivity index (χ3v) is 6.74. The Balaban J connectivity index is 1.66. The monoisotopic (exact) mass is 376 g/mol. The van der Waals surface area contributed by atoms with Gasteiger partial charge in [-0.15, -0.1) is 0 Å². The maximum Gasteiger partial charge on any atom is 0.257 e. The highest BCUT2D eigenvalue weighted by molar-refractivity contribution is 7.88. The molecule has 6 nitrogen and oxygen atoms in total. The second-order valence-corrected chi connectivity index (χ2v) is 8.62. The molecule has 0 radical (unpaired) electrons. The standard InChI is InChI=1S/C19H24N2O4S/c1-14-15(2)25-16(3)18(14)19(22)20-9-11-21(12-10-20)26(23,24)13-17-7-5-4-6-8-17/h4-8H,9-13H2,1-3H3. The first-order chi connectivity index (χ1) is 12.3. The Morgan fingerprint density at radius 1 is 1.00 bits per heavy atom. The number of hydrogen-bond donors (Lipinski definition) is 0. The molecule has 1 aliphatic rings. The molecule has 2 aromatic rings. The van der Waals surface area contributed by atoms with E-state index in [1.807, 2.05) is 44.2 Å². The molecule has 26 heavy (non-hydrogen) atoms. The Morgan fingerprint density at radius 2 is 1.62 bits per heavy atom. The predicted octanol–water partition coefficient (Wildman–Crippen LogP) is 2.49. The summed E-state index contributed by atoms with van der Waals surface area (Å²) in [4.78, 5) is 14.5. The van der Waals surface area contributed by atoms with E-state index in [1.54, 1.807) is 11.8 Å². The topological polar surface area (TPSA) is 70.8 Å². The number of sulfonamides is 1. The van der Waals surface area contributed by atoms with E-state index >= 15 is 0 Å². The molecule has 0 aliphatic carbocycles. The van der Waals surface area contributed by atoms with Gasteiger partial charge in [0.25, 0.3) is 5.91 Å². The molecule has 0 unspecified atom stereocenters. The van der Waals surface area contributed by atoms with Gasteiger partial charge in [0.05, 0.1) is 11.3 Å². The fourth-order valence-corrected chi connectivity index (χ4v) is 4.83. The fourth-order valence-electron chi connectivity index (χ4n) is 3.31. The smallest absolute Gasteiger partial charge is 0.257 e. The molecule has 0 N–H and O–H groups in total. The van der Waals surface area contributed by atoms with E-state index in [2.05, 4.69) is 0 Å². The van der Waals surface area contributed by atoms with E-state index in [4.69, 9.17) is 4.42 Å². The molecule has 1 fully saturated rings. The first-order valence-corrected chi connectivity index (χ1v) is 10.3. The summed E-state index contributed by atoms with van der Waals surface area (Å²) >= 11 is 0. The summed E-state index contributed by atoms with van der Waals surface area (Å²) in [6, 6.07) is 9.15. The van der Waals surface area contributed by atoms with Gasteiger partial charge in [-0.05, 0) is 26.3 Å². The molecule has 1 aromatic carbocycles. The number of nitrogens with zero attached hydrogens (tertiary/aromatic N) is 2. The zero-order valence-electron chi connectivity index (χ0n) is 15.4. The van der Waals surface area contributed by atoms with Gasteiger partial charge >= 0.3 is 0 Å². The summed E-state index contributed by atoms with van der Waals surface area (Å²) in [5, 5.41) is 0. The van der Waals surface area contributed by atoms with Gasteiger partial charge in [0, 0.05) is 31.7 Å². The van der Waals surface area contributed by atoms with Crippen LogP contribution in [0, 0.1) is 20.8 Å². The van der Waals surface area contributed by atoms with Gasteiger partial charge in [-0.2, -0.15) is 4.31 Å². The van der Waals surface area contributed by atoms with Gasteiger partial charge in [-0.25, -0.2) is 8.42 Å². The molecule has 1 amide bonds. The molecule has 3 rings (SSSR count). The molecule has 1 saturated heterocycles. The number of rotatable bonds is 4. The van der Waals surface area contributed by atoms with E-state index in [0.717, 1.165) is 16.9 Å². The lowest BCUT2D eigenvalue weighted by molar-refractivity contribution is 0.0695. The molecule has 0 spiro atoms. The fraction of sp³-hybridized carbons (Fsp3) is 0.421. The van der Waals surface area contributed by atoms with Crippen molar-refractivity contribution in [3.8, 4) is 0 Å². The van der Waals surface area contributed by atoms with Gasteiger partial charge in [-0.1, -0.05) is 30.3 Å². The normalized spacial score (nSPS) is 16.0.